The molecule has 2 heterocycles. The molecule has 2 fully saturated rings. The quantitative estimate of drug-likeness (QED) is 0.884. The minimum atomic E-state index is -3.95. The van der Waals surface area contributed by atoms with Crippen molar-refractivity contribution in [2.45, 2.75) is 69.2 Å². The molecule has 1 N–H and O–H groups in total. The van der Waals surface area contributed by atoms with Crippen LogP contribution in [-0.2, 0) is 19.5 Å². The van der Waals surface area contributed by atoms with E-state index >= 15 is 0 Å². The molecule has 6 nitrogen and oxygen atoms in total. The van der Waals surface area contributed by atoms with E-state index in [4.69, 9.17) is 9.47 Å². The summed E-state index contributed by atoms with van der Waals surface area (Å²) in [7, 11) is -3.95. The molecule has 0 spiro atoms. The Hall–Kier alpha value is -1.60. The maximum absolute atomic E-state index is 12.3. The number of carbonyl (C=O) groups excluding carboxylic acids is 1. The Morgan fingerprint density at radius 3 is 2.48 bits per heavy atom. The summed E-state index contributed by atoms with van der Waals surface area (Å²) < 4.78 is 38.2. The first-order valence-electron chi connectivity index (χ1n) is 8.57. The molecular formula is C18H25NO5S. The van der Waals surface area contributed by atoms with E-state index in [9.17, 15) is 13.2 Å². The zero-order valence-electron chi connectivity index (χ0n) is 15.0. The average Bonchev–Trinajstić information content (AvgIpc) is 2.99. The number of sulfonamides is 1. The van der Waals surface area contributed by atoms with Crippen LogP contribution in [0.1, 0.15) is 45.6 Å². The van der Waals surface area contributed by atoms with Crippen LogP contribution in [0.4, 0.5) is 4.79 Å². The van der Waals surface area contributed by atoms with E-state index in [0.717, 1.165) is 18.4 Å². The van der Waals surface area contributed by atoms with E-state index in [-0.39, 0.29) is 10.5 Å². The summed E-state index contributed by atoms with van der Waals surface area (Å²) in [6.45, 7) is 7.97. The number of carbonyl (C=O) groups is 1. The molecular weight excluding hydrogens is 342 g/mol. The summed E-state index contributed by atoms with van der Waals surface area (Å²) in [6.07, 6.45) is 0.927. The van der Waals surface area contributed by atoms with Crippen LogP contribution < -0.4 is 4.72 Å². The van der Waals surface area contributed by atoms with Crippen LogP contribution in [0, 0.1) is 12.8 Å². The van der Waals surface area contributed by atoms with Gasteiger partial charge in [-0.1, -0.05) is 31.5 Å². The van der Waals surface area contributed by atoms with Crippen LogP contribution in [0.3, 0.4) is 0 Å². The molecule has 2 bridgehead atoms. The molecule has 7 heteroatoms. The first kappa shape index (κ1) is 18.2. The minimum Gasteiger partial charge on any atom is -0.442 e. The molecule has 0 aromatic heterocycles. The van der Waals surface area contributed by atoms with Crippen LogP contribution in [0.25, 0.3) is 0 Å². The molecule has 3 rings (SSSR count). The highest BCUT2D eigenvalue weighted by molar-refractivity contribution is 7.90. The van der Waals surface area contributed by atoms with Gasteiger partial charge in [0, 0.05) is 6.42 Å². The Morgan fingerprint density at radius 2 is 1.92 bits per heavy atom. The Labute approximate surface area is 148 Å². The summed E-state index contributed by atoms with van der Waals surface area (Å²) in [5, 5.41) is 0. The molecule has 1 aromatic rings. The van der Waals surface area contributed by atoms with Gasteiger partial charge in [0.1, 0.15) is 11.7 Å². The van der Waals surface area contributed by atoms with Crippen molar-refractivity contribution < 1.29 is 22.7 Å². The summed E-state index contributed by atoms with van der Waals surface area (Å²) in [5.41, 5.74) is 0.109. The summed E-state index contributed by atoms with van der Waals surface area (Å²) >= 11 is 0. The van der Waals surface area contributed by atoms with Gasteiger partial charge in [-0.2, -0.15) is 0 Å². The van der Waals surface area contributed by atoms with Crippen molar-refractivity contribution in [1.82, 2.24) is 4.72 Å². The van der Waals surface area contributed by atoms with Crippen molar-refractivity contribution in [3.8, 4) is 0 Å². The highest BCUT2D eigenvalue weighted by atomic mass is 32.2. The Morgan fingerprint density at radius 1 is 1.28 bits per heavy atom. The van der Waals surface area contributed by atoms with Crippen molar-refractivity contribution >= 4 is 16.1 Å². The fourth-order valence-electron chi connectivity index (χ4n) is 3.77. The number of rotatable bonds is 4. The molecule has 3 atom stereocenters. The van der Waals surface area contributed by atoms with Crippen molar-refractivity contribution in [2.24, 2.45) is 5.92 Å². The normalized spacial score (nSPS) is 31.3. The number of ether oxygens (including phenoxy) is 2. The first-order valence-corrected chi connectivity index (χ1v) is 10.0. The lowest BCUT2D eigenvalue weighted by Crippen LogP contribution is -2.43. The molecule has 2 saturated heterocycles. The van der Waals surface area contributed by atoms with Gasteiger partial charge < -0.3 is 9.47 Å². The molecule has 138 valence electrons. The number of amides is 1. The number of hydrogen-bond acceptors (Lipinski definition) is 5. The molecule has 2 aliphatic rings. The van der Waals surface area contributed by atoms with Crippen molar-refractivity contribution in [2.75, 3.05) is 0 Å². The highest BCUT2D eigenvalue weighted by Gasteiger charge is 2.61. The lowest BCUT2D eigenvalue weighted by Gasteiger charge is -2.31. The van der Waals surface area contributed by atoms with Crippen LogP contribution in [-0.4, -0.2) is 31.8 Å². The highest BCUT2D eigenvalue weighted by Crippen LogP contribution is 2.54. The number of hydrogen-bond donors (Lipinski definition) is 1. The standard InChI is InChI=1S/C18H25NO5S/c1-12(2)18-10-9-17(4,24-18)15(11-18)23-16(20)19-25(21,22)14-7-5-13(3)6-8-14/h5-8,12,15H,9-11H2,1-4H3,(H,19,20)/t15-,17-,18-/m1/s1. The summed E-state index contributed by atoms with van der Waals surface area (Å²) in [5.74, 6) is 0.308. The van der Waals surface area contributed by atoms with Crippen LogP contribution in [0.2, 0.25) is 0 Å². The van der Waals surface area contributed by atoms with E-state index < -0.39 is 27.8 Å². The Bertz CT molecular complexity index is 773. The zero-order chi connectivity index (χ0) is 18.5. The third-order valence-corrected chi connectivity index (χ3v) is 6.87. The van der Waals surface area contributed by atoms with Crippen LogP contribution >= 0.6 is 0 Å². The summed E-state index contributed by atoms with van der Waals surface area (Å²) in [4.78, 5) is 12.2. The molecule has 25 heavy (non-hydrogen) atoms. The largest absolute Gasteiger partial charge is 0.442 e. The maximum atomic E-state index is 12.3. The van der Waals surface area contributed by atoms with E-state index in [1.54, 1.807) is 12.1 Å². The van der Waals surface area contributed by atoms with E-state index in [1.807, 2.05) is 18.6 Å². The fraction of sp³-hybridized carbons (Fsp3) is 0.611. The Balaban J connectivity index is 1.68. The van der Waals surface area contributed by atoms with Gasteiger partial charge in [-0.05, 0) is 44.7 Å². The predicted molar refractivity (Wildman–Crippen MR) is 92.7 cm³/mol. The minimum absolute atomic E-state index is 0.0316. The Kier molecular flexibility index (Phi) is 4.36. The zero-order valence-corrected chi connectivity index (χ0v) is 15.9. The molecule has 0 radical (unpaired) electrons. The second-order valence-corrected chi connectivity index (χ2v) is 9.33. The topological polar surface area (TPSA) is 81.7 Å². The van der Waals surface area contributed by atoms with Gasteiger partial charge in [-0.15, -0.1) is 0 Å². The molecule has 2 aliphatic heterocycles. The second kappa shape index (κ2) is 5.99. The molecule has 0 aliphatic carbocycles. The number of nitrogens with one attached hydrogen (secondary N) is 1. The molecule has 1 aromatic carbocycles. The fourth-order valence-corrected chi connectivity index (χ4v) is 4.65. The number of aryl methyl sites for hydroxylation is 1. The lowest BCUT2D eigenvalue weighted by atomic mass is 9.75. The molecule has 1 amide bonds. The van der Waals surface area contributed by atoms with Gasteiger partial charge in [0.25, 0.3) is 10.0 Å². The van der Waals surface area contributed by atoms with E-state index in [1.165, 1.54) is 12.1 Å². The predicted octanol–water partition coefficient (Wildman–Crippen LogP) is 3.15. The van der Waals surface area contributed by atoms with Gasteiger partial charge in [0.05, 0.1) is 10.5 Å². The van der Waals surface area contributed by atoms with Crippen LogP contribution in [0.5, 0.6) is 0 Å². The lowest BCUT2D eigenvalue weighted by molar-refractivity contribution is -0.0813. The average molecular weight is 367 g/mol. The van der Waals surface area contributed by atoms with E-state index in [2.05, 4.69) is 13.8 Å². The van der Waals surface area contributed by atoms with Crippen molar-refractivity contribution in [3.63, 3.8) is 0 Å². The van der Waals surface area contributed by atoms with Crippen LogP contribution in [0.15, 0.2) is 29.2 Å². The summed E-state index contributed by atoms with van der Waals surface area (Å²) in [6, 6.07) is 6.27. The van der Waals surface area contributed by atoms with Gasteiger partial charge >= 0.3 is 6.09 Å². The number of benzene rings is 1. The van der Waals surface area contributed by atoms with Gasteiger partial charge in [-0.3, -0.25) is 0 Å². The number of fused-ring (bicyclic) bond motifs is 2. The maximum Gasteiger partial charge on any atom is 0.421 e. The monoisotopic (exact) mass is 367 g/mol. The van der Waals surface area contributed by atoms with Crippen molar-refractivity contribution in [3.05, 3.63) is 29.8 Å². The van der Waals surface area contributed by atoms with Crippen molar-refractivity contribution in [1.29, 1.82) is 0 Å². The van der Waals surface area contributed by atoms with Gasteiger partial charge in [0.15, 0.2) is 0 Å². The van der Waals surface area contributed by atoms with Gasteiger partial charge in [-0.25, -0.2) is 17.9 Å². The SMILES string of the molecule is Cc1ccc(S(=O)(=O)NC(=O)O[C@@H]2C[C@@]3(C(C)C)CC[C@@]2(C)O3)cc1. The van der Waals surface area contributed by atoms with Gasteiger partial charge in [0.2, 0.25) is 0 Å². The van der Waals surface area contributed by atoms with E-state index in [0.29, 0.717) is 12.3 Å². The smallest absolute Gasteiger partial charge is 0.421 e. The second-order valence-electron chi connectivity index (χ2n) is 7.65. The molecule has 0 saturated carbocycles. The first-order chi connectivity index (χ1) is 11.6. The molecule has 0 unspecified atom stereocenters. The third-order valence-electron chi connectivity index (χ3n) is 5.54. The third kappa shape index (κ3) is 3.27.